The van der Waals surface area contributed by atoms with Crippen LogP contribution in [0, 0.1) is 0 Å². The van der Waals surface area contributed by atoms with Gasteiger partial charge in [0, 0.05) is 24.5 Å². The average molecular weight is 264 g/mol. The summed E-state index contributed by atoms with van der Waals surface area (Å²) in [4.78, 5) is 8.48. The fourth-order valence-corrected chi connectivity index (χ4v) is 1.65. The van der Waals surface area contributed by atoms with E-state index in [2.05, 4.69) is 25.9 Å². The molecule has 0 aliphatic carbocycles. The Kier molecular flexibility index (Phi) is 3.08. The minimum absolute atomic E-state index is 0.495. The smallest absolute Gasteiger partial charge is 0.106 e. The number of aromatic nitrogens is 2. The molecule has 0 radical (unpaired) electrons. The minimum atomic E-state index is 0.495. The number of nitrogens with zero attached hydrogens (tertiary/aromatic N) is 2. The van der Waals surface area contributed by atoms with Crippen LogP contribution in [0.4, 0.5) is 0 Å². The SMILES string of the molecule is NCc1cncc(-c2cccc(Br)n2)c1. The maximum Gasteiger partial charge on any atom is 0.106 e. The second-order valence-corrected chi connectivity index (χ2v) is 3.94. The van der Waals surface area contributed by atoms with Gasteiger partial charge in [0.1, 0.15) is 4.60 Å². The molecular formula is C11H10BrN3. The summed E-state index contributed by atoms with van der Waals surface area (Å²) in [7, 11) is 0. The van der Waals surface area contributed by atoms with E-state index in [1.165, 1.54) is 0 Å². The van der Waals surface area contributed by atoms with E-state index in [0.717, 1.165) is 21.4 Å². The summed E-state index contributed by atoms with van der Waals surface area (Å²) in [6.07, 6.45) is 3.55. The Morgan fingerprint density at radius 2 is 2.13 bits per heavy atom. The zero-order chi connectivity index (χ0) is 10.7. The van der Waals surface area contributed by atoms with Gasteiger partial charge >= 0.3 is 0 Å². The summed E-state index contributed by atoms with van der Waals surface area (Å²) >= 11 is 3.34. The van der Waals surface area contributed by atoms with Crippen LogP contribution in [0.2, 0.25) is 0 Å². The van der Waals surface area contributed by atoms with Gasteiger partial charge in [0.2, 0.25) is 0 Å². The molecule has 4 heteroatoms. The van der Waals surface area contributed by atoms with E-state index in [9.17, 15) is 0 Å². The topological polar surface area (TPSA) is 51.8 Å². The van der Waals surface area contributed by atoms with E-state index in [-0.39, 0.29) is 0 Å². The lowest BCUT2D eigenvalue weighted by Gasteiger charge is -2.02. The molecule has 0 aliphatic rings. The predicted molar refractivity (Wildman–Crippen MR) is 63.1 cm³/mol. The van der Waals surface area contributed by atoms with Crippen LogP contribution in [-0.4, -0.2) is 9.97 Å². The molecule has 2 aromatic heterocycles. The third kappa shape index (κ3) is 2.40. The fraction of sp³-hybridized carbons (Fsp3) is 0.0909. The number of pyridine rings is 2. The standard InChI is InChI=1S/C11H10BrN3/c12-11-3-1-2-10(15-11)9-4-8(5-13)6-14-7-9/h1-4,6-7H,5,13H2. The Morgan fingerprint density at radius 3 is 2.87 bits per heavy atom. The van der Waals surface area contributed by atoms with Crippen molar-refractivity contribution in [3.63, 3.8) is 0 Å². The third-order valence-electron chi connectivity index (χ3n) is 2.04. The molecule has 3 nitrogen and oxygen atoms in total. The molecular weight excluding hydrogens is 254 g/mol. The van der Waals surface area contributed by atoms with Crippen molar-refractivity contribution in [2.45, 2.75) is 6.54 Å². The molecule has 0 aromatic carbocycles. The fourth-order valence-electron chi connectivity index (χ4n) is 1.31. The first-order valence-electron chi connectivity index (χ1n) is 4.56. The van der Waals surface area contributed by atoms with Gasteiger partial charge in [-0.2, -0.15) is 0 Å². The molecule has 2 heterocycles. The van der Waals surface area contributed by atoms with Crippen molar-refractivity contribution in [2.75, 3.05) is 0 Å². The molecule has 0 aliphatic heterocycles. The highest BCUT2D eigenvalue weighted by molar-refractivity contribution is 9.10. The van der Waals surface area contributed by atoms with Crippen molar-refractivity contribution in [3.05, 3.63) is 46.8 Å². The van der Waals surface area contributed by atoms with Crippen LogP contribution in [0.25, 0.3) is 11.3 Å². The summed E-state index contributed by atoms with van der Waals surface area (Å²) in [5.41, 5.74) is 8.45. The van der Waals surface area contributed by atoms with E-state index in [4.69, 9.17) is 5.73 Å². The van der Waals surface area contributed by atoms with Crippen molar-refractivity contribution in [2.24, 2.45) is 5.73 Å². The second-order valence-electron chi connectivity index (χ2n) is 3.13. The van der Waals surface area contributed by atoms with Crippen LogP contribution >= 0.6 is 15.9 Å². The monoisotopic (exact) mass is 263 g/mol. The minimum Gasteiger partial charge on any atom is -0.326 e. The Labute approximate surface area is 96.5 Å². The summed E-state index contributed by atoms with van der Waals surface area (Å²) < 4.78 is 0.818. The maximum absolute atomic E-state index is 5.56. The Hall–Kier alpha value is -1.26. The van der Waals surface area contributed by atoms with Crippen molar-refractivity contribution < 1.29 is 0 Å². The lowest BCUT2D eigenvalue weighted by atomic mass is 10.1. The van der Waals surface area contributed by atoms with Gasteiger partial charge in [0.15, 0.2) is 0 Å². The highest BCUT2D eigenvalue weighted by Gasteiger charge is 2.01. The highest BCUT2D eigenvalue weighted by Crippen LogP contribution is 2.18. The molecule has 15 heavy (non-hydrogen) atoms. The quantitative estimate of drug-likeness (QED) is 0.847. The van der Waals surface area contributed by atoms with E-state index in [1.807, 2.05) is 24.3 Å². The molecule has 2 N–H and O–H groups in total. The number of hydrogen-bond acceptors (Lipinski definition) is 3. The predicted octanol–water partition coefficient (Wildman–Crippen LogP) is 2.36. The normalized spacial score (nSPS) is 10.3. The molecule has 0 unspecified atom stereocenters. The first-order valence-corrected chi connectivity index (χ1v) is 5.36. The Bertz CT molecular complexity index is 471. The van der Waals surface area contributed by atoms with Gasteiger partial charge in [-0.25, -0.2) is 4.98 Å². The zero-order valence-electron chi connectivity index (χ0n) is 8.02. The summed E-state index contributed by atoms with van der Waals surface area (Å²) in [6.45, 7) is 0.495. The first-order chi connectivity index (χ1) is 7.29. The van der Waals surface area contributed by atoms with Crippen LogP contribution < -0.4 is 5.73 Å². The van der Waals surface area contributed by atoms with Crippen LogP contribution in [-0.2, 0) is 6.54 Å². The number of halogens is 1. The Morgan fingerprint density at radius 1 is 1.27 bits per heavy atom. The lowest BCUT2D eigenvalue weighted by molar-refractivity contribution is 1.05. The van der Waals surface area contributed by atoms with Crippen LogP contribution in [0.1, 0.15) is 5.56 Å². The maximum atomic E-state index is 5.56. The van der Waals surface area contributed by atoms with E-state index < -0.39 is 0 Å². The van der Waals surface area contributed by atoms with E-state index in [0.29, 0.717) is 6.54 Å². The number of hydrogen-bond donors (Lipinski definition) is 1. The van der Waals surface area contributed by atoms with Crippen molar-refractivity contribution in [1.82, 2.24) is 9.97 Å². The van der Waals surface area contributed by atoms with E-state index >= 15 is 0 Å². The summed E-state index contributed by atoms with van der Waals surface area (Å²) in [6, 6.07) is 7.79. The zero-order valence-corrected chi connectivity index (χ0v) is 9.61. The molecule has 2 aromatic rings. The molecule has 2 rings (SSSR count). The van der Waals surface area contributed by atoms with Crippen molar-refractivity contribution in [3.8, 4) is 11.3 Å². The van der Waals surface area contributed by atoms with Gasteiger partial charge in [-0.3, -0.25) is 4.98 Å². The molecule has 0 spiro atoms. The van der Waals surface area contributed by atoms with E-state index in [1.54, 1.807) is 12.4 Å². The molecule has 0 amide bonds. The van der Waals surface area contributed by atoms with Gasteiger partial charge in [0.25, 0.3) is 0 Å². The van der Waals surface area contributed by atoms with Crippen LogP contribution in [0.15, 0.2) is 41.3 Å². The molecule has 0 saturated heterocycles. The molecule has 0 saturated carbocycles. The molecule has 0 atom stereocenters. The Balaban J connectivity index is 2.44. The molecule has 0 fully saturated rings. The molecule has 0 bridgehead atoms. The number of rotatable bonds is 2. The highest BCUT2D eigenvalue weighted by atomic mass is 79.9. The van der Waals surface area contributed by atoms with Gasteiger partial charge in [-0.15, -0.1) is 0 Å². The van der Waals surface area contributed by atoms with Crippen LogP contribution in [0.5, 0.6) is 0 Å². The summed E-state index contributed by atoms with van der Waals surface area (Å²) in [5.74, 6) is 0. The van der Waals surface area contributed by atoms with Crippen LogP contribution in [0.3, 0.4) is 0 Å². The largest absolute Gasteiger partial charge is 0.326 e. The van der Waals surface area contributed by atoms with Gasteiger partial charge in [-0.1, -0.05) is 6.07 Å². The average Bonchev–Trinajstić information content (AvgIpc) is 2.29. The number of nitrogens with two attached hydrogens (primary N) is 1. The third-order valence-corrected chi connectivity index (χ3v) is 2.48. The molecule has 76 valence electrons. The van der Waals surface area contributed by atoms with Gasteiger partial charge in [0.05, 0.1) is 5.69 Å². The lowest BCUT2D eigenvalue weighted by Crippen LogP contribution is -1.97. The van der Waals surface area contributed by atoms with Gasteiger partial charge < -0.3 is 5.73 Å². The summed E-state index contributed by atoms with van der Waals surface area (Å²) in [5, 5.41) is 0. The van der Waals surface area contributed by atoms with Gasteiger partial charge in [-0.05, 0) is 39.7 Å². The van der Waals surface area contributed by atoms with Crippen molar-refractivity contribution in [1.29, 1.82) is 0 Å². The first kappa shape index (κ1) is 10.3. The second kappa shape index (κ2) is 4.51. The van der Waals surface area contributed by atoms with Crippen molar-refractivity contribution >= 4 is 15.9 Å².